The Bertz CT molecular complexity index is 679. The fraction of sp³-hybridized carbons (Fsp3) is 0.810. The number of ether oxygens (including phenoxy) is 1. The molecule has 7 atom stereocenters. The number of Topliss-reactive ketones (excluding diaryl/α,β-unsaturated/α-hetero) is 1. The number of rotatable bonds is 1. The lowest BCUT2D eigenvalue weighted by molar-refractivity contribution is -0.363. The molecule has 130 valence electrons. The van der Waals surface area contributed by atoms with Gasteiger partial charge in [0.25, 0.3) is 0 Å². The van der Waals surface area contributed by atoms with Gasteiger partial charge in [-0.05, 0) is 81.3 Å². The van der Waals surface area contributed by atoms with E-state index in [9.17, 15) is 9.59 Å². The fourth-order valence-corrected chi connectivity index (χ4v) is 8.10. The highest BCUT2D eigenvalue weighted by molar-refractivity contribution is 5.92. The third kappa shape index (κ3) is 1.58. The lowest BCUT2D eigenvalue weighted by Gasteiger charge is -2.73. The number of carbonyl (C=O) groups is 2. The number of fused-ring (bicyclic) bond motifs is 2. The molecule has 0 radical (unpaired) electrons. The standard InChI is InChI=1S/C21H28O3/c1-12(22)16-6-7-17-15-5-4-13-10-14(23)8-9-21(13)18(15)20(3,24-21)11-19(16,17)2/h10,15-18H,4-9,11H2,1-3H3/t15?,16-,17?,18?,19-,20+,21-/m1/s1. The van der Waals surface area contributed by atoms with Crippen LogP contribution in [0.5, 0.6) is 0 Å². The van der Waals surface area contributed by atoms with Crippen LogP contribution in [0.1, 0.15) is 65.7 Å². The van der Waals surface area contributed by atoms with Gasteiger partial charge in [-0.2, -0.15) is 0 Å². The van der Waals surface area contributed by atoms with Crippen LogP contribution in [0.15, 0.2) is 11.6 Å². The quantitative estimate of drug-likeness (QED) is 0.734. The molecule has 1 aliphatic heterocycles. The Balaban J connectivity index is 1.57. The Labute approximate surface area is 144 Å². The van der Waals surface area contributed by atoms with Gasteiger partial charge in [0.05, 0.1) is 11.2 Å². The van der Waals surface area contributed by atoms with E-state index in [0.29, 0.717) is 30.0 Å². The van der Waals surface area contributed by atoms with Gasteiger partial charge in [-0.1, -0.05) is 6.92 Å². The number of ketones is 2. The molecule has 0 N–H and O–H groups in total. The monoisotopic (exact) mass is 328 g/mol. The highest BCUT2D eigenvalue weighted by atomic mass is 16.6. The maximum Gasteiger partial charge on any atom is 0.155 e. The van der Waals surface area contributed by atoms with Gasteiger partial charge < -0.3 is 4.74 Å². The van der Waals surface area contributed by atoms with Gasteiger partial charge >= 0.3 is 0 Å². The summed E-state index contributed by atoms with van der Waals surface area (Å²) in [4.78, 5) is 24.2. The molecule has 3 nitrogen and oxygen atoms in total. The summed E-state index contributed by atoms with van der Waals surface area (Å²) in [6.07, 6.45) is 8.89. The van der Waals surface area contributed by atoms with E-state index >= 15 is 0 Å². The summed E-state index contributed by atoms with van der Waals surface area (Å²) in [5.41, 5.74) is 1.15. The van der Waals surface area contributed by atoms with E-state index in [1.165, 1.54) is 18.4 Å². The molecular weight excluding hydrogens is 300 g/mol. The summed E-state index contributed by atoms with van der Waals surface area (Å²) in [6.45, 7) is 6.43. The van der Waals surface area contributed by atoms with Crippen molar-refractivity contribution in [2.24, 2.45) is 29.1 Å². The van der Waals surface area contributed by atoms with E-state index in [4.69, 9.17) is 4.74 Å². The zero-order valence-corrected chi connectivity index (χ0v) is 15.1. The van der Waals surface area contributed by atoms with Gasteiger partial charge in [0.2, 0.25) is 0 Å². The molecule has 3 saturated carbocycles. The molecule has 1 saturated heterocycles. The third-order valence-electron chi connectivity index (χ3n) is 8.52. The molecule has 0 amide bonds. The molecule has 24 heavy (non-hydrogen) atoms. The zero-order valence-electron chi connectivity index (χ0n) is 15.1. The normalized spacial score (nSPS) is 55.0. The van der Waals surface area contributed by atoms with Crippen molar-refractivity contribution in [3.05, 3.63) is 11.6 Å². The zero-order chi connectivity index (χ0) is 16.9. The second-order valence-corrected chi connectivity index (χ2v) is 9.65. The lowest BCUT2D eigenvalue weighted by atomic mass is 9.42. The van der Waals surface area contributed by atoms with Crippen molar-refractivity contribution in [2.45, 2.75) is 76.9 Å². The second kappa shape index (κ2) is 4.41. The minimum atomic E-state index is -0.138. The predicted molar refractivity (Wildman–Crippen MR) is 90.4 cm³/mol. The van der Waals surface area contributed by atoms with Crippen molar-refractivity contribution in [3.63, 3.8) is 0 Å². The van der Waals surface area contributed by atoms with Crippen LogP contribution in [-0.4, -0.2) is 22.8 Å². The van der Waals surface area contributed by atoms with Crippen LogP contribution in [0.4, 0.5) is 0 Å². The van der Waals surface area contributed by atoms with Gasteiger partial charge in [0, 0.05) is 18.3 Å². The first kappa shape index (κ1) is 15.3. The molecule has 4 aliphatic carbocycles. The van der Waals surface area contributed by atoms with Crippen molar-refractivity contribution in [3.8, 4) is 0 Å². The first-order valence-corrected chi connectivity index (χ1v) is 9.75. The average Bonchev–Trinajstić information content (AvgIpc) is 2.82. The molecule has 0 aromatic heterocycles. The molecule has 5 rings (SSSR count). The first-order chi connectivity index (χ1) is 11.3. The highest BCUT2D eigenvalue weighted by Crippen LogP contribution is 2.73. The summed E-state index contributed by atoms with van der Waals surface area (Å²) in [7, 11) is 0. The minimum absolute atomic E-state index is 0.103. The van der Waals surface area contributed by atoms with Gasteiger partial charge in [-0.25, -0.2) is 0 Å². The number of carbonyl (C=O) groups excluding carboxylic acids is 2. The average molecular weight is 328 g/mol. The molecule has 3 unspecified atom stereocenters. The molecule has 5 aliphatic rings. The van der Waals surface area contributed by atoms with Gasteiger partial charge in [0.15, 0.2) is 5.78 Å². The summed E-state index contributed by atoms with van der Waals surface area (Å²) < 4.78 is 6.71. The SMILES string of the molecule is CC(=O)[C@H]1CCC2C3CCC4=CC(=O)CC[C@@]45O[C@@](C)(C[C@@]21C)C35. The Morgan fingerprint density at radius 2 is 2.00 bits per heavy atom. The fourth-order valence-electron chi connectivity index (χ4n) is 8.10. The molecule has 0 aromatic rings. The maximum atomic E-state index is 12.3. The summed E-state index contributed by atoms with van der Waals surface area (Å²) in [5.74, 6) is 2.74. The van der Waals surface area contributed by atoms with E-state index in [-0.39, 0.29) is 28.3 Å². The molecule has 0 aromatic carbocycles. The van der Waals surface area contributed by atoms with Crippen molar-refractivity contribution in [1.82, 2.24) is 0 Å². The Kier molecular flexibility index (Phi) is 2.81. The Morgan fingerprint density at radius 1 is 1.21 bits per heavy atom. The van der Waals surface area contributed by atoms with E-state index in [2.05, 4.69) is 13.8 Å². The van der Waals surface area contributed by atoms with Crippen molar-refractivity contribution < 1.29 is 14.3 Å². The second-order valence-electron chi connectivity index (χ2n) is 9.65. The van der Waals surface area contributed by atoms with E-state index in [1.807, 2.05) is 6.08 Å². The van der Waals surface area contributed by atoms with Crippen LogP contribution in [0.2, 0.25) is 0 Å². The molecule has 4 fully saturated rings. The third-order valence-corrected chi connectivity index (χ3v) is 8.52. The van der Waals surface area contributed by atoms with Gasteiger partial charge in [0.1, 0.15) is 5.78 Å². The summed E-state index contributed by atoms with van der Waals surface area (Å²) >= 11 is 0. The predicted octanol–water partition coefficient (Wildman–Crippen LogP) is 3.85. The minimum Gasteiger partial charge on any atom is -0.364 e. The van der Waals surface area contributed by atoms with Crippen molar-refractivity contribution in [2.75, 3.05) is 0 Å². The Morgan fingerprint density at radius 3 is 2.75 bits per heavy atom. The van der Waals surface area contributed by atoms with E-state index in [0.717, 1.165) is 25.7 Å². The van der Waals surface area contributed by atoms with Crippen LogP contribution in [-0.2, 0) is 14.3 Å². The van der Waals surface area contributed by atoms with Crippen molar-refractivity contribution >= 4 is 11.6 Å². The largest absolute Gasteiger partial charge is 0.364 e. The topological polar surface area (TPSA) is 43.4 Å². The van der Waals surface area contributed by atoms with Gasteiger partial charge in [-0.15, -0.1) is 0 Å². The Hall–Kier alpha value is -0.960. The van der Waals surface area contributed by atoms with Crippen LogP contribution in [0, 0.1) is 29.1 Å². The number of hydrogen-bond donors (Lipinski definition) is 0. The van der Waals surface area contributed by atoms with E-state index in [1.54, 1.807) is 6.92 Å². The van der Waals surface area contributed by atoms with Crippen molar-refractivity contribution in [1.29, 1.82) is 0 Å². The van der Waals surface area contributed by atoms with Crippen LogP contribution in [0.25, 0.3) is 0 Å². The number of hydrogen-bond acceptors (Lipinski definition) is 3. The molecule has 3 heteroatoms. The van der Waals surface area contributed by atoms with E-state index < -0.39 is 0 Å². The molecule has 1 spiro atoms. The molecule has 0 bridgehead atoms. The van der Waals surface area contributed by atoms with Crippen LogP contribution in [0.3, 0.4) is 0 Å². The van der Waals surface area contributed by atoms with Crippen LogP contribution >= 0.6 is 0 Å². The first-order valence-electron chi connectivity index (χ1n) is 9.75. The molecule has 1 heterocycles. The smallest absolute Gasteiger partial charge is 0.155 e. The highest BCUT2D eigenvalue weighted by Gasteiger charge is 2.75. The molecular formula is C21H28O3. The summed E-state index contributed by atoms with van der Waals surface area (Å²) in [6, 6.07) is 0. The maximum absolute atomic E-state index is 12.3. The lowest BCUT2D eigenvalue weighted by Crippen LogP contribution is -2.76. The van der Waals surface area contributed by atoms with Gasteiger partial charge in [-0.3, -0.25) is 9.59 Å². The summed E-state index contributed by atoms with van der Waals surface area (Å²) in [5, 5.41) is 0. The van der Waals surface area contributed by atoms with Crippen LogP contribution < -0.4 is 0 Å².